The zero-order chi connectivity index (χ0) is 37.1. The van der Waals surface area contributed by atoms with Gasteiger partial charge in [-0.05, 0) is 103 Å². The molecule has 0 saturated heterocycles. The lowest BCUT2D eigenvalue weighted by Gasteiger charge is -2.45. The number of fused-ring (bicyclic) bond motifs is 13. The van der Waals surface area contributed by atoms with Gasteiger partial charge in [-0.3, -0.25) is 9.59 Å². The molecule has 3 nitrogen and oxygen atoms in total. The zero-order valence-corrected chi connectivity index (χ0v) is 30.2. The van der Waals surface area contributed by atoms with E-state index in [-0.39, 0.29) is 17.1 Å². The maximum atomic E-state index is 14.1. The first-order chi connectivity index (χ1) is 27.6. The van der Waals surface area contributed by atoms with E-state index in [0.717, 1.165) is 49.7 Å². The molecule has 9 aromatic carbocycles. The molecule has 12 rings (SSSR count). The second kappa shape index (κ2) is 11.3. The van der Waals surface area contributed by atoms with Crippen LogP contribution in [0.5, 0.6) is 0 Å². The number of para-hydroxylation sites is 1. The third-order valence-electron chi connectivity index (χ3n) is 12.3. The maximum Gasteiger partial charge on any atom is 0.197 e. The van der Waals surface area contributed by atoms with Crippen LogP contribution in [0.1, 0.15) is 48.5 Å². The number of Topliss-reactive ketones (excluding diaryl/α,β-unsaturated/α-hetero) is 2. The number of nitrogens with zero attached hydrogens (tertiary/aromatic N) is 1. The molecule has 260 valence electrons. The van der Waals surface area contributed by atoms with Crippen molar-refractivity contribution in [1.29, 1.82) is 0 Å². The van der Waals surface area contributed by atoms with Crippen LogP contribution in [0.4, 0.5) is 17.1 Å². The number of rotatable bonds is 2. The van der Waals surface area contributed by atoms with Crippen LogP contribution in [0.25, 0.3) is 49.5 Å². The quantitative estimate of drug-likeness (QED) is 0.102. The standard InChI is InChI=1S/C53H31NO2/c55-51-41-30-33-13-1-2-14-34(33)31-42(41)52(56)43(51)27-32-25-26-49-47(28-32)53(44-21-9-7-19-39(44)40-20-8-10-22-45(40)53)46-23-11-12-24-48(46)54(49)50-37-17-5-3-15-35(37)29-36-16-4-6-18-38(36)50/h1-31H. The largest absolute Gasteiger partial charge is 0.309 e. The minimum Gasteiger partial charge on any atom is -0.309 e. The Kier molecular flexibility index (Phi) is 6.28. The fourth-order valence-corrected chi connectivity index (χ4v) is 9.99. The molecule has 56 heavy (non-hydrogen) atoms. The molecular formula is C53H31NO2. The Bertz CT molecular complexity index is 3100. The van der Waals surface area contributed by atoms with Crippen LogP contribution in [0.3, 0.4) is 0 Å². The van der Waals surface area contributed by atoms with E-state index in [0.29, 0.717) is 11.1 Å². The highest BCUT2D eigenvalue weighted by atomic mass is 16.2. The van der Waals surface area contributed by atoms with Gasteiger partial charge < -0.3 is 4.90 Å². The first-order valence-corrected chi connectivity index (χ1v) is 19.1. The van der Waals surface area contributed by atoms with Crippen molar-refractivity contribution in [2.75, 3.05) is 4.90 Å². The molecule has 0 saturated carbocycles. The summed E-state index contributed by atoms with van der Waals surface area (Å²) in [5.74, 6) is -0.456. The normalized spacial score (nSPS) is 14.6. The summed E-state index contributed by atoms with van der Waals surface area (Å²) in [6.07, 6.45) is 1.81. The molecule has 1 aliphatic heterocycles. The van der Waals surface area contributed by atoms with Crippen molar-refractivity contribution in [3.05, 3.63) is 227 Å². The number of allylic oxidation sites excluding steroid dienone is 1. The Balaban J connectivity index is 1.17. The number of anilines is 3. The van der Waals surface area contributed by atoms with Gasteiger partial charge >= 0.3 is 0 Å². The lowest BCUT2D eigenvalue weighted by Crippen LogP contribution is -2.36. The van der Waals surface area contributed by atoms with E-state index in [1.54, 1.807) is 0 Å². The minimum absolute atomic E-state index is 0.199. The van der Waals surface area contributed by atoms with E-state index in [1.807, 2.05) is 42.5 Å². The molecule has 0 atom stereocenters. The molecule has 9 aromatic rings. The van der Waals surface area contributed by atoms with Crippen LogP contribution in [0, 0.1) is 0 Å². The Labute approximate surface area is 323 Å². The first kappa shape index (κ1) is 31.0. The summed E-state index contributed by atoms with van der Waals surface area (Å²) in [5.41, 5.74) is 11.7. The van der Waals surface area contributed by atoms with Gasteiger partial charge in [0.2, 0.25) is 0 Å². The number of carbonyl (C=O) groups excluding carboxylic acids is 2. The van der Waals surface area contributed by atoms with Crippen molar-refractivity contribution in [3.8, 4) is 11.1 Å². The second-order valence-electron chi connectivity index (χ2n) is 15.1. The third kappa shape index (κ3) is 4.01. The van der Waals surface area contributed by atoms with Crippen molar-refractivity contribution >= 4 is 67.0 Å². The fourth-order valence-electron chi connectivity index (χ4n) is 9.99. The molecule has 0 radical (unpaired) electrons. The van der Waals surface area contributed by atoms with Crippen molar-refractivity contribution < 1.29 is 9.59 Å². The van der Waals surface area contributed by atoms with Crippen molar-refractivity contribution in [2.45, 2.75) is 5.41 Å². The zero-order valence-electron chi connectivity index (χ0n) is 30.2. The van der Waals surface area contributed by atoms with Gasteiger partial charge in [-0.2, -0.15) is 0 Å². The van der Waals surface area contributed by atoms with Crippen molar-refractivity contribution in [2.24, 2.45) is 0 Å². The highest BCUT2D eigenvalue weighted by molar-refractivity contribution is 6.42. The molecule has 0 amide bonds. The van der Waals surface area contributed by atoms with Crippen LogP contribution in [-0.2, 0) is 5.41 Å². The van der Waals surface area contributed by atoms with Gasteiger partial charge in [0.05, 0.1) is 28.1 Å². The Hall–Kier alpha value is -7.36. The molecular weight excluding hydrogens is 683 g/mol. The lowest BCUT2D eigenvalue weighted by atomic mass is 9.64. The van der Waals surface area contributed by atoms with E-state index in [9.17, 15) is 9.59 Å². The van der Waals surface area contributed by atoms with Gasteiger partial charge in [0, 0.05) is 21.9 Å². The lowest BCUT2D eigenvalue weighted by molar-refractivity contribution is 0.0990. The first-order valence-electron chi connectivity index (χ1n) is 19.1. The summed E-state index contributed by atoms with van der Waals surface area (Å²) in [6, 6.07) is 64.0. The van der Waals surface area contributed by atoms with Gasteiger partial charge in [-0.1, -0.05) is 146 Å². The van der Waals surface area contributed by atoms with Gasteiger partial charge in [-0.25, -0.2) is 0 Å². The Morgan fingerprint density at radius 3 is 1.48 bits per heavy atom. The second-order valence-corrected chi connectivity index (χ2v) is 15.1. The van der Waals surface area contributed by atoms with Crippen LogP contribution >= 0.6 is 0 Å². The van der Waals surface area contributed by atoms with Gasteiger partial charge in [0.1, 0.15) is 0 Å². The van der Waals surface area contributed by atoms with E-state index in [1.165, 1.54) is 38.6 Å². The summed E-state index contributed by atoms with van der Waals surface area (Å²) in [6.45, 7) is 0. The average Bonchev–Trinajstić information content (AvgIpc) is 3.67. The van der Waals surface area contributed by atoms with Crippen LogP contribution in [-0.4, -0.2) is 11.6 Å². The van der Waals surface area contributed by atoms with Crippen LogP contribution in [0.2, 0.25) is 0 Å². The smallest absolute Gasteiger partial charge is 0.197 e. The van der Waals surface area contributed by atoms with Crippen molar-refractivity contribution in [3.63, 3.8) is 0 Å². The molecule has 3 aliphatic rings. The SMILES string of the molecule is O=C1C(=Cc2ccc3c(c2)C2(c4ccccc4-c4ccccc42)c2ccccc2N3c2c3ccccc3cc3ccccc23)C(=O)c2cc3ccccc3cc21. The monoisotopic (exact) mass is 713 g/mol. The van der Waals surface area contributed by atoms with Gasteiger partial charge in [0.25, 0.3) is 0 Å². The average molecular weight is 714 g/mol. The van der Waals surface area contributed by atoms with Gasteiger partial charge in [0.15, 0.2) is 11.6 Å². The molecule has 1 spiro atoms. The van der Waals surface area contributed by atoms with Crippen LogP contribution < -0.4 is 4.90 Å². The summed E-state index contributed by atoms with van der Waals surface area (Å²) in [4.78, 5) is 30.6. The number of carbonyl (C=O) groups is 2. The molecule has 0 bridgehead atoms. The summed E-state index contributed by atoms with van der Waals surface area (Å²) in [7, 11) is 0. The van der Waals surface area contributed by atoms with E-state index >= 15 is 0 Å². The molecule has 1 heterocycles. The number of ketones is 2. The third-order valence-corrected chi connectivity index (χ3v) is 12.3. The van der Waals surface area contributed by atoms with E-state index in [2.05, 4.69) is 150 Å². The number of benzene rings is 9. The maximum absolute atomic E-state index is 14.1. The fraction of sp³-hybridized carbons (Fsp3) is 0.0189. The molecule has 2 aliphatic carbocycles. The Morgan fingerprint density at radius 1 is 0.393 bits per heavy atom. The molecule has 0 unspecified atom stereocenters. The highest BCUT2D eigenvalue weighted by Gasteiger charge is 2.52. The number of hydrogen-bond donors (Lipinski definition) is 0. The summed E-state index contributed by atoms with van der Waals surface area (Å²) >= 11 is 0. The highest BCUT2D eigenvalue weighted by Crippen LogP contribution is 2.64. The Morgan fingerprint density at radius 2 is 0.875 bits per heavy atom. The molecule has 0 N–H and O–H groups in total. The number of hydrogen-bond acceptors (Lipinski definition) is 3. The summed E-state index contributed by atoms with van der Waals surface area (Å²) < 4.78 is 0. The van der Waals surface area contributed by atoms with E-state index < -0.39 is 5.41 Å². The molecule has 0 aromatic heterocycles. The van der Waals surface area contributed by atoms with E-state index in [4.69, 9.17) is 0 Å². The van der Waals surface area contributed by atoms with Crippen LogP contribution in [0.15, 0.2) is 188 Å². The van der Waals surface area contributed by atoms with Gasteiger partial charge in [-0.15, -0.1) is 0 Å². The predicted octanol–water partition coefficient (Wildman–Crippen LogP) is 12.8. The topological polar surface area (TPSA) is 37.4 Å². The minimum atomic E-state index is -0.672. The molecule has 3 heteroatoms. The van der Waals surface area contributed by atoms with Crippen molar-refractivity contribution in [1.82, 2.24) is 0 Å². The molecule has 0 fully saturated rings. The summed E-state index contributed by atoms with van der Waals surface area (Å²) in [5, 5.41) is 6.56. The predicted molar refractivity (Wildman–Crippen MR) is 228 cm³/mol.